The van der Waals surface area contributed by atoms with Crippen LogP contribution >= 0.6 is 23.2 Å². The third-order valence-corrected chi connectivity index (χ3v) is 3.90. The van der Waals surface area contributed by atoms with E-state index in [1.54, 1.807) is 36.4 Å². The monoisotopic (exact) mass is 389 g/mol. The molecular formula is C18H13Cl2N3O3. The second-order valence-electron chi connectivity index (χ2n) is 5.30. The van der Waals surface area contributed by atoms with Crippen LogP contribution in [0.2, 0.25) is 10.0 Å². The van der Waals surface area contributed by atoms with Crippen molar-refractivity contribution in [1.82, 2.24) is 10.2 Å². The summed E-state index contributed by atoms with van der Waals surface area (Å²) in [6.07, 6.45) is 0. The number of nitrogens with zero attached hydrogens (tertiary/aromatic N) is 1. The van der Waals surface area contributed by atoms with Crippen molar-refractivity contribution in [2.75, 3.05) is 11.9 Å². The molecule has 1 aromatic heterocycles. The van der Waals surface area contributed by atoms with E-state index in [4.69, 9.17) is 27.9 Å². The molecule has 3 aromatic rings. The highest BCUT2D eigenvalue weighted by molar-refractivity contribution is 6.35. The number of H-pyrrole nitrogens is 1. The predicted molar refractivity (Wildman–Crippen MR) is 101 cm³/mol. The van der Waals surface area contributed by atoms with Gasteiger partial charge in [-0.1, -0.05) is 35.3 Å². The Hall–Kier alpha value is -2.83. The van der Waals surface area contributed by atoms with Crippen LogP contribution in [0.25, 0.3) is 11.3 Å². The zero-order valence-electron chi connectivity index (χ0n) is 13.3. The molecule has 6 nitrogen and oxygen atoms in total. The lowest BCUT2D eigenvalue weighted by molar-refractivity contribution is -0.118. The summed E-state index contributed by atoms with van der Waals surface area (Å²) in [6, 6.07) is 14.8. The van der Waals surface area contributed by atoms with Gasteiger partial charge in [0.1, 0.15) is 5.75 Å². The summed E-state index contributed by atoms with van der Waals surface area (Å²) in [6.45, 7) is -0.206. The Labute approximate surface area is 158 Å². The Balaban J connectivity index is 1.65. The van der Waals surface area contributed by atoms with Crippen molar-refractivity contribution in [2.24, 2.45) is 0 Å². The smallest absolute Gasteiger partial charge is 0.264 e. The van der Waals surface area contributed by atoms with Crippen molar-refractivity contribution in [3.05, 3.63) is 75.0 Å². The quantitative estimate of drug-likeness (QED) is 0.695. The number of ether oxygens (including phenoxy) is 1. The highest BCUT2D eigenvalue weighted by atomic mass is 35.5. The Bertz CT molecular complexity index is 984. The van der Waals surface area contributed by atoms with Crippen LogP contribution in [0.3, 0.4) is 0 Å². The second kappa shape index (κ2) is 8.03. The van der Waals surface area contributed by atoms with Crippen LogP contribution in [-0.2, 0) is 4.79 Å². The molecule has 0 saturated heterocycles. The molecule has 0 saturated carbocycles. The summed E-state index contributed by atoms with van der Waals surface area (Å²) < 4.78 is 5.40. The van der Waals surface area contributed by atoms with Gasteiger partial charge in [0.05, 0.1) is 10.7 Å². The van der Waals surface area contributed by atoms with Gasteiger partial charge in [0.25, 0.3) is 11.5 Å². The summed E-state index contributed by atoms with van der Waals surface area (Å²) in [5.41, 5.74) is 1.63. The number of anilines is 1. The number of aromatic nitrogens is 2. The lowest BCUT2D eigenvalue weighted by Gasteiger charge is -2.10. The molecule has 1 amide bonds. The van der Waals surface area contributed by atoms with E-state index < -0.39 is 0 Å². The van der Waals surface area contributed by atoms with E-state index in [0.717, 1.165) is 5.56 Å². The van der Waals surface area contributed by atoms with Gasteiger partial charge >= 0.3 is 0 Å². The average Bonchev–Trinajstić information content (AvgIpc) is 2.62. The maximum atomic E-state index is 12.1. The van der Waals surface area contributed by atoms with Gasteiger partial charge in [-0.2, -0.15) is 5.10 Å². The lowest BCUT2D eigenvalue weighted by Crippen LogP contribution is -2.20. The number of hydrogen-bond donors (Lipinski definition) is 2. The van der Waals surface area contributed by atoms with E-state index in [0.29, 0.717) is 27.2 Å². The van der Waals surface area contributed by atoms with Crippen LogP contribution in [0, 0.1) is 0 Å². The molecule has 0 radical (unpaired) electrons. The Morgan fingerprint density at radius 3 is 2.69 bits per heavy atom. The number of carbonyl (C=O) groups is 1. The molecule has 3 rings (SSSR count). The van der Waals surface area contributed by atoms with Gasteiger partial charge in [-0.05, 0) is 36.4 Å². The fraction of sp³-hybridized carbons (Fsp3) is 0.0556. The molecule has 0 bridgehead atoms. The Kier molecular flexibility index (Phi) is 5.55. The molecule has 0 aliphatic heterocycles. The molecule has 0 fully saturated rings. The van der Waals surface area contributed by atoms with Crippen LogP contribution in [0.1, 0.15) is 0 Å². The van der Waals surface area contributed by atoms with E-state index in [1.165, 1.54) is 12.1 Å². The van der Waals surface area contributed by atoms with Crippen LogP contribution < -0.4 is 15.6 Å². The number of rotatable bonds is 5. The minimum Gasteiger partial charge on any atom is -0.482 e. The van der Waals surface area contributed by atoms with Gasteiger partial charge in [0.15, 0.2) is 6.61 Å². The number of benzene rings is 2. The minimum absolute atomic E-state index is 0.206. The van der Waals surface area contributed by atoms with E-state index >= 15 is 0 Å². The van der Waals surface area contributed by atoms with Gasteiger partial charge in [0.2, 0.25) is 0 Å². The fourth-order valence-electron chi connectivity index (χ4n) is 2.19. The number of halogens is 2. The molecular weight excluding hydrogens is 377 g/mol. The molecule has 0 unspecified atom stereocenters. The molecule has 0 atom stereocenters. The molecule has 2 aromatic carbocycles. The van der Waals surface area contributed by atoms with Gasteiger partial charge in [0, 0.05) is 22.3 Å². The third-order valence-electron chi connectivity index (χ3n) is 3.37. The summed E-state index contributed by atoms with van der Waals surface area (Å²) in [5.74, 6) is 0.0278. The second-order valence-corrected chi connectivity index (χ2v) is 6.14. The standard InChI is InChI=1S/C18H13Cl2N3O3/c19-12-4-6-16(14(20)9-12)26-10-18(25)21-13-3-1-2-11(8-13)15-5-7-17(24)23-22-15/h1-9H,10H2,(H,21,25)(H,23,24). The first-order chi connectivity index (χ1) is 12.5. The topological polar surface area (TPSA) is 84.1 Å². The maximum absolute atomic E-state index is 12.1. The molecule has 132 valence electrons. The number of nitrogens with one attached hydrogen (secondary N) is 2. The molecule has 1 heterocycles. The summed E-state index contributed by atoms with van der Waals surface area (Å²) in [7, 11) is 0. The number of aromatic amines is 1. The number of hydrogen-bond acceptors (Lipinski definition) is 4. The van der Waals surface area contributed by atoms with Gasteiger partial charge in [-0.3, -0.25) is 9.59 Å². The molecule has 0 aliphatic rings. The van der Waals surface area contributed by atoms with Crippen molar-refractivity contribution < 1.29 is 9.53 Å². The van der Waals surface area contributed by atoms with Crippen molar-refractivity contribution in [3.8, 4) is 17.0 Å². The van der Waals surface area contributed by atoms with E-state index in [9.17, 15) is 9.59 Å². The SMILES string of the molecule is O=C(COc1ccc(Cl)cc1Cl)Nc1cccc(-c2ccc(=O)[nH]n2)c1. The fourth-order valence-corrected chi connectivity index (χ4v) is 2.66. The maximum Gasteiger partial charge on any atom is 0.264 e. The van der Waals surface area contributed by atoms with Gasteiger partial charge in [-0.15, -0.1) is 0 Å². The van der Waals surface area contributed by atoms with E-state index in [1.807, 2.05) is 6.07 Å². The normalized spacial score (nSPS) is 10.4. The highest BCUT2D eigenvalue weighted by Gasteiger charge is 2.08. The van der Waals surface area contributed by atoms with Crippen LogP contribution in [-0.4, -0.2) is 22.7 Å². The Morgan fingerprint density at radius 1 is 1.12 bits per heavy atom. The number of amides is 1. The summed E-state index contributed by atoms with van der Waals surface area (Å²) in [5, 5.41) is 9.88. The summed E-state index contributed by atoms with van der Waals surface area (Å²) >= 11 is 11.8. The first-order valence-corrected chi connectivity index (χ1v) is 8.31. The predicted octanol–water partition coefficient (Wildman–Crippen LogP) is 3.76. The molecule has 8 heteroatoms. The van der Waals surface area contributed by atoms with Crippen LogP contribution in [0.5, 0.6) is 5.75 Å². The molecule has 0 spiro atoms. The highest BCUT2D eigenvalue weighted by Crippen LogP contribution is 2.27. The zero-order chi connectivity index (χ0) is 18.5. The van der Waals surface area contributed by atoms with E-state index in [2.05, 4.69) is 15.5 Å². The molecule has 2 N–H and O–H groups in total. The zero-order valence-corrected chi connectivity index (χ0v) is 14.8. The van der Waals surface area contributed by atoms with Crippen LogP contribution in [0.15, 0.2) is 59.4 Å². The average molecular weight is 390 g/mol. The van der Waals surface area contributed by atoms with Crippen molar-refractivity contribution in [2.45, 2.75) is 0 Å². The third kappa shape index (κ3) is 4.62. The van der Waals surface area contributed by atoms with Crippen molar-refractivity contribution >= 4 is 34.8 Å². The molecule has 26 heavy (non-hydrogen) atoms. The molecule has 0 aliphatic carbocycles. The van der Waals surface area contributed by atoms with Gasteiger partial charge in [-0.25, -0.2) is 5.10 Å². The first-order valence-electron chi connectivity index (χ1n) is 7.55. The van der Waals surface area contributed by atoms with Crippen molar-refractivity contribution in [3.63, 3.8) is 0 Å². The number of carbonyl (C=O) groups excluding carboxylic acids is 1. The van der Waals surface area contributed by atoms with E-state index in [-0.39, 0.29) is 18.1 Å². The van der Waals surface area contributed by atoms with Crippen LogP contribution in [0.4, 0.5) is 5.69 Å². The van der Waals surface area contributed by atoms with Gasteiger partial charge < -0.3 is 10.1 Å². The van der Waals surface area contributed by atoms with Crippen molar-refractivity contribution in [1.29, 1.82) is 0 Å². The first kappa shape index (κ1) is 18.0. The summed E-state index contributed by atoms with van der Waals surface area (Å²) in [4.78, 5) is 23.2. The Morgan fingerprint density at radius 2 is 1.96 bits per heavy atom. The lowest BCUT2D eigenvalue weighted by atomic mass is 10.1. The minimum atomic E-state index is -0.345. The largest absolute Gasteiger partial charge is 0.482 e.